The minimum atomic E-state index is -0.324. The Labute approximate surface area is 205 Å². The highest BCUT2D eigenvalue weighted by atomic mass is 79.9. The Balaban J connectivity index is 1.37. The molecule has 0 atom stereocenters. The SMILES string of the molecule is CCOC(=O)C1CCN(C(=O)Nc2ccc(Br)cc2C(=O)NCc2ccc3c(c2)OCO3)CC1. The Bertz CT molecular complexity index is 1080. The molecule has 180 valence electrons. The number of nitrogens with zero attached hydrogens (tertiary/aromatic N) is 1. The maximum absolute atomic E-state index is 13.0. The fraction of sp³-hybridized carbons (Fsp3) is 0.375. The van der Waals surface area contributed by atoms with Crippen molar-refractivity contribution in [2.24, 2.45) is 5.92 Å². The summed E-state index contributed by atoms with van der Waals surface area (Å²) in [6.07, 6.45) is 1.10. The number of halogens is 1. The van der Waals surface area contributed by atoms with Gasteiger partial charge >= 0.3 is 12.0 Å². The lowest BCUT2D eigenvalue weighted by molar-refractivity contribution is -0.149. The lowest BCUT2D eigenvalue weighted by Gasteiger charge is -2.31. The first-order valence-corrected chi connectivity index (χ1v) is 11.9. The fourth-order valence-electron chi connectivity index (χ4n) is 3.91. The highest BCUT2D eigenvalue weighted by molar-refractivity contribution is 9.10. The lowest BCUT2D eigenvalue weighted by atomic mass is 9.97. The minimum absolute atomic E-state index is 0.186. The zero-order valence-corrected chi connectivity index (χ0v) is 20.4. The van der Waals surface area contributed by atoms with Crippen molar-refractivity contribution in [1.82, 2.24) is 10.2 Å². The predicted molar refractivity (Wildman–Crippen MR) is 128 cm³/mol. The number of carbonyl (C=O) groups excluding carboxylic acids is 3. The number of anilines is 1. The topological polar surface area (TPSA) is 106 Å². The second kappa shape index (κ2) is 10.8. The van der Waals surface area contributed by atoms with Gasteiger partial charge in [0.05, 0.1) is 23.8 Å². The molecule has 0 saturated carbocycles. The van der Waals surface area contributed by atoms with E-state index in [0.717, 1.165) is 5.56 Å². The van der Waals surface area contributed by atoms with Gasteiger partial charge in [-0.2, -0.15) is 0 Å². The predicted octanol–water partition coefficient (Wildman–Crippen LogP) is 3.91. The summed E-state index contributed by atoms with van der Waals surface area (Å²) in [4.78, 5) is 39.4. The van der Waals surface area contributed by atoms with Crippen LogP contribution in [0.15, 0.2) is 40.9 Å². The molecule has 0 radical (unpaired) electrons. The molecule has 0 spiro atoms. The average molecular weight is 532 g/mol. The molecule has 0 aromatic heterocycles. The van der Waals surface area contributed by atoms with Gasteiger partial charge in [-0.25, -0.2) is 4.79 Å². The van der Waals surface area contributed by atoms with Gasteiger partial charge in [-0.3, -0.25) is 9.59 Å². The summed E-state index contributed by atoms with van der Waals surface area (Å²) in [7, 11) is 0. The number of benzene rings is 2. The van der Waals surface area contributed by atoms with Gasteiger partial charge in [0.1, 0.15) is 0 Å². The molecule has 34 heavy (non-hydrogen) atoms. The maximum atomic E-state index is 13.0. The molecule has 2 aromatic rings. The molecule has 2 N–H and O–H groups in total. The number of piperidine rings is 1. The largest absolute Gasteiger partial charge is 0.466 e. The Morgan fingerprint density at radius 2 is 1.85 bits per heavy atom. The van der Waals surface area contributed by atoms with E-state index in [1.165, 1.54) is 0 Å². The molecule has 2 aliphatic heterocycles. The molecule has 3 amide bonds. The molecule has 1 fully saturated rings. The first-order valence-electron chi connectivity index (χ1n) is 11.1. The third-order valence-corrected chi connectivity index (χ3v) is 6.25. The number of fused-ring (bicyclic) bond motifs is 1. The van der Waals surface area contributed by atoms with E-state index in [1.807, 2.05) is 12.1 Å². The van der Waals surface area contributed by atoms with E-state index >= 15 is 0 Å². The molecular formula is C24H26BrN3O6. The summed E-state index contributed by atoms with van der Waals surface area (Å²) in [6.45, 7) is 3.49. The molecule has 2 heterocycles. The molecule has 0 bridgehead atoms. The molecule has 1 saturated heterocycles. The van der Waals surface area contributed by atoms with Crippen molar-refractivity contribution >= 4 is 39.5 Å². The normalized spacial score (nSPS) is 15.1. The maximum Gasteiger partial charge on any atom is 0.321 e. The van der Waals surface area contributed by atoms with Crippen LogP contribution in [0.4, 0.5) is 10.5 Å². The van der Waals surface area contributed by atoms with Crippen LogP contribution in [0, 0.1) is 5.92 Å². The number of ether oxygens (including phenoxy) is 3. The Morgan fingerprint density at radius 1 is 1.09 bits per heavy atom. The van der Waals surface area contributed by atoms with E-state index in [9.17, 15) is 14.4 Å². The number of likely N-dealkylation sites (tertiary alicyclic amines) is 1. The summed E-state index contributed by atoms with van der Waals surface area (Å²) >= 11 is 3.39. The number of rotatable bonds is 6. The second-order valence-corrected chi connectivity index (χ2v) is 8.92. The second-order valence-electron chi connectivity index (χ2n) is 8.00. The number of nitrogens with one attached hydrogen (secondary N) is 2. The van der Waals surface area contributed by atoms with Crippen LogP contribution in [0.2, 0.25) is 0 Å². The highest BCUT2D eigenvalue weighted by Crippen LogP contribution is 2.32. The summed E-state index contributed by atoms with van der Waals surface area (Å²) in [5, 5.41) is 5.73. The van der Waals surface area contributed by atoms with Crippen molar-refractivity contribution in [2.75, 3.05) is 31.8 Å². The summed E-state index contributed by atoms with van der Waals surface area (Å²) in [5.41, 5.74) is 1.61. The van der Waals surface area contributed by atoms with Gasteiger partial charge in [-0.05, 0) is 55.7 Å². The van der Waals surface area contributed by atoms with E-state index in [0.29, 0.717) is 59.8 Å². The number of esters is 1. The zero-order valence-electron chi connectivity index (χ0n) is 18.8. The van der Waals surface area contributed by atoms with Crippen LogP contribution >= 0.6 is 15.9 Å². The first kappa shape index (κ1) is 23.9. The van der Waals surface area contributed by atoms with Gasteiger partial charge in [-0.1, -0.05) is 22.0 Å². The summed E-state index contributed by atoms with van der Waals surface area (Å²) < 4.78 is 16.5. The van der Waals surface area contributed by atoms with Crippen LogP contribution in [-0.2, 0) is 16.1 Å². The molecule has 0 unspecified atom stereocenters. The highest BCUT2D eigenvalue weighted by Gasteiger charge is 2.28. The standard InChI is InChI=1S/C24H26BrN3O6/c1-2-32-23(30)16-7-9-28(10-8-16)24(31)27-19-5-4-17(25)12-18(19)22(29)26-13-15-3-6-20-21(11-15)34-14-33-20/h3-6,11-12,16H,2,7-10,13-14H2,1H3,(H,26,29)(H,27,31). The van der Waals surface area contributed by atoms with Crippen molar-refractivity contribution in [2.45, 2.75) is 26.3 Å². The smallest absolute Gasteiger partial charge is 0.321 e. The van der Waals surface area contributed by atoms with Crippen LogP contribution < -0.4 is 20.1 Å². The van der Waals surface area contributed by atoms with Crippen molar-refractivity contribution < 1.29 is 28.6 Å². The monoisotopic (exact) mass is 531 g/mol. The number of carbonyl (C=O) groups is 3. The molecule has 2 aliphatic rings. The van der Waals surface area contributed by atoms with Crippen molar-refractivity contribution in [3.05, 3.63) is 52.0 Å². The van der Waals surface area contributed by atoms with E-state index < -0.39 is 0 Å². The zero-order chi connectivity index (χ0) is 24.1. The van der Waals surface area contributed by atoms with Crippen LogP contribution in [-0.4, -0.2) is 49.3 Å². The number of urea groups is 1. The van der Waals surface area contributed by atoms with Gasteiger partial charge in [0.15, 0.2) is 11.5 Å². The molecule has 10 heteroatoms. The van der Waals surface area contributed by atoms with Crippen LogP contribution in [0.3, 0.4) is 0 Å². The third-order valence-electron chi connectivity index (χ3n) is 5.76. The van der Waals surface area contributed by atoms with E-state index in [-0.39, 0.29) is 37.2 Å². The molecular weight excluding hydrogens is 506 g/mol. The van der Waals surface area contributed by atoms with Gasteiger partial charge < -0.3 is 29.7 Å². The molecule has 4 rings (SSSR count). The Kier molecular flexibility index (Phi) is 7.56. The fourth-order valence-corrected chi connectivity index (χ4v) is 4.28. The van der Waals surface area contributed by atoms with Gasteiger partial charge in [0.25, 0.3) is 5.91 Å². The van der Waals surface area contributed by atoms with Crippen molar-refractivity contribution in [1.29, 1.82) is 0 Å². The Hall–Kier alpha value is -3.27. The first-order chi connectivity index (χ1) is 16.4. The minimum Gasteiger partial charge on any atom is -0.466 e. The Morgan fingerprint density at radius 3 is 2.62 bits per heavy atom. The van der Waals surface area contributed by atoms with E-state index in [2.05, 4.69) is 26.6 Å². The van der Waals surface area contributed by atoms with E-state index in [4.69, 9.17) is 14.2 Å². The van der Waals surface area contributed by atoms with Crippen LogP contribution in [0.25, 0.3) is 0 Å². The quantitative estimate of drug-likeness (QED) is 0.547. The number of amides is 3. The van der Waals surface area contributed by atoms with Crippen LogP contribution in [0.5, 0.6) is 11.5 Å². The lowest BCUT2D eigenvalue weighted by Crippen LogP contribution is -2.43. The molecule has 0 aliphatic carbocycles. The third kappa shape index (κ3) is 5.61. The van der Waals surface area contributed by atoms with Gasteiger partial charge in [0, 0.05) is 24.1 Å². The summed E-state index contributed by atoms with van der Waals surface area (Å²) in [5.74, 6) is 0.605. The molecule has 9 nitrogen and oxygen atoms in total. The summed E-state index contributed by atoms with van der Waals surface area (Å²) in [6, 6.07) is 10.3. The van der Waals surface area contributed by atoms with Gasteiger partial charge in [-0.15, -0.1) is 0 Å². The average Bonchev–Trinajstić information content (AvgIpc) is 3.32. The van der Waals surface area contributed by atoms with E-state index in [1.54, 1.807) is 36.1 Å². The van der Waals surface area contributed by atoms with Crippen molar-refractivity contribution in [3.63, 3.8) is 0 Å². The van der Waals surface area contributed by atoms with Crippen LogP contribution in [0.1, 0.15) is 35.7 Å². The van der Waals surface area contributed by atoms with Gasteiger partial charge in [0.2, 0.25) is 6.79 Å². The number of hydrogen-bond acceptors (Lipinski definition) is 6. The molecule has 2 aromatic carbocycles. The van der Waals surface area contributed by atoms with Crippen molar-refractivity contribution in [3.8, 4) is 11.5 Å². The number of hydrogen-bond donors (Lipinski definition) is 2.